The summed E-state index contributed by atoms with van der Waals surface area (Å²) in [4.78, 5) is 20.5. The van der Waals surface area contributed by atoms with Crippen molar-refractivity contribution in [3.05, 3.63) is 60.2 Å². The van der Waals surface area contributed by atoms with Crippen LogP contribution >= 0.6 is 24.0 Å². The third-order valence-corrected chi connectivity index (χ3v) is 4.70. The van der Waals surface area contributed by atoms with Crippen molar-refractivity contribution in [1.82, 2.24) is 15.1 Å². The molecule has 1 saturated heterocycles. The number of benzene rings is 2. The molecular formula is C22H29IN4O2. The highest BCUT2D eigenvalue weighted by Gasteiger charge is 2.20. The first-order chi connectivity index (χ1) is 13.7. The van der Waals surface area contributed by atoms with Crippen molar-refractivity contribution in [2.24, 2.45) is 4.99 Å². The highest BCUT2D eigenvalue weighted by molar-refractivity contribution is 14.0. The van der Waals surface area contributed by atoms with Gasteiger partial charge in [0.2, 0.25) is 5.91 Å². The number of nitrogens with one attached hydrogen (secondary N) is 1. The maximum Gasteiger partial charge on any atom is 0.219 e. The average Bonchev–Trinajstić information content (AvgIpc) is 2.73. The van der Waals surface area contributed by atoms with Crippen molar-refractivity contribution in [1.29, 1.82) is 0 Å². The Morgan fingerprint density at radius 1 is 1.00 bits per heavy atom. The Kier molecular flexibility index (Phi) is 9.24. The van der Waals surface area contributed by atoms with Gasteiger partial charge in [0.05, 0.1) is 6.54 Å². The van der Waals surface area contributed by atoms with E-state index in [1.807, 2.05) is 59.5 Å². The zero-order valence-corrected chi connectivity index (χ0v) is 19.3. The van der Waals surface area contributed by atoms with Gasteiger partial charge in [-0.15, -0.1) is 24.0 Å². The molecule has 0 unspecified atom stereocenters. The number of amides is 1. The number of halogens is 1. The molecule has 1 heterocycles. The highest BCUT2D eigenvalue weighted by atomic mass is 127. The largest absolute Gasteiger partial charge is 0.457 e. The topological polar surface area (TPSA) is 57.2 Å². The van der Waals surface area contributed by atoms with E-state index in [0.717, 1.165) is 55.7 Å². The number of ether oxygens (including phenoxy) is 1. The summed E-state index contributed by atoms with van der Waals surface area (Å²) in [5, 5.41) is 3.37. The van der Waals surface area contributed by atoms with Crippen molar-refractivity contribution in [2.45, 2.75) is 20.4 Å². The Hall–Kier alpha value is -2.29. The molecule has 2 aromatic carbocycles. The molecule has 156 valence electrons. The van der Waals surface area contributed by atoms with Gasteiger partial charge in [-0.2, -0.15) is 0 Å². The second kappa shape index (κ2) is 11.6. The van der Waals surface area contributed by atoms with Crippen molar-refractivity contribution < 1.29 is 9.53 Å². The van der Waals surface area contributed by atoms with Crippen LogP contribution < -0.4 is 10.1 Å². The molecule has 0 aliphatic carbocycles. The Morgan fingerprint density at radius 2 is 1.62 bits per heavy atom. The standard InChI is InChI=1S/C22H28N4O2.HI/c1-3-23-22(26-15-13-25(14-16-26)18(2)27)24-17-19-9-7-8-12-21(19)28-20-10-5-4-6-11-20;/h4-12H,3,13-17H2,1-2H3,(H,23,24);1H. The van der Waals surface area contributed by atoms with Crippen LogP contribution in [0.5, 0.6) is 11.5 Å². The van der Waals surface area contributed by atoms with E-state index in [0.29, 0.717) is 6.54 Å². The third kappa shape index (κ3) is 6.62. The molecular weight excluding hydrogens is 479 g/mol. The van der Waals surface area contributed by atoms with Gasteiger partial charge in [0.25, 0.3) is 0 Å². The maximum absolute atomic E-state index is 11.5. The SMILES string of the molecule is CCNC(=NCc1ccccc1Oc1ccccc1)N1CCN(C(C)=O)CC1.I. The Bertz CT molecular complexity index is 805. The minimum absolute atomic E-state index is 0. The average molecular weight is 508 g/mol. The zero-order chi connectivity index (χ0) is 19.8. The Balaban J connectivity index is 0.00000300. The summed E-state index contributed by atoms with van der Waals surface area (Å²) in [6.07, 6.45) is 0. The van der Waals surface area contributed by atoms with Gasteiger partial charge < -0.3 is 19.9 Å². The normalized spacial score (nSPS) is 14.2. The van der Waals surface area contributed by atoms with Gasteiger partial charge in [0, 0.05) is 45.2 Å². The van der Waals surface area contributed by atoms with Gasteiger partial charge in [-0.25, -0.2) is 4.99 Å². The summed E-state index contributed by atoms with van der Waals surface area (Å²) >= 11 is 0. The number of nitrogens with zero attached hydrogens (tertiary/aromatic N) is 3. The number of carbonyl (C=O) groups is 1. The number of hydrogen-bond donors (Lipinski definition) is 1. The first kappa shape index (κ1) is 23.0. The summed E-state index contributed by atoms with van der Waals surface area (Å²) in [7, 11) is 0. The van der Waals surface area contributed by atoms with E-state index < -0.39 is 0 Å². The van der Waals surface area contributed by atoms with E-state index in [9.17, 15) is 4.79 Å². The molecule has 7 heteroatoms. The Labute approximate surface area is 190 Å². The monoisotopic (exact) mass is 508 g/mol. The zero-order valence-electron chi connectivity index (χ0n) is 17.0. The Morgan fingerprint density at radius 3 is 2.28 bits per heavy atom. The molecule has 2 aromatic rings. The molecule has 0 aromatic heterocycles. The highest BCUT2D eigenvalue weighted by Crippen LogP contribution is 2.25. The predicted octanol–water partition coefficient (Wildman–Crippen LogP) is 3.73. The molecule has 0 radical (unpaired) electrons. The van der Waals surface area contributed by atoms with Crippen LogP contribution in [-0.4, -0.2) is 54.4 Å². The second-order valence-electron chi connectivity index (χ2n) is 6.69. The van der Waals surface area contributed by atoms with Crippen LogP contribution in [0.1, 0.15) is 19.4 Å². The molecule has 1 amide bonds. The minimum Gasteiger partial charge on any atom is -0.457 e. The van der Waals surface area contributed by atoms with Crippen LogP contribution in [0.2, 0.25) is 0 Å². The fourth-order valence-electron chi connectivity index (χ4n) is 3.17. The van der Waals surface area contributed by atoms with Crippen LogP contribution in [0, 0.1) is 0 Å². The molecule has 0 atom stereocenters. The van der Waals surface area contributed by atoms with Gasteiger partial charge in [0.1, 0.15) is 11.5 Å². The van der Waals surface area contributed by atoms with Crippen LogP contribution in [-0.2, 0) is 11.3 Å². The summed E-state index contributed by atoms with van der Waals surface area (Å²) in [6, 6.07) is 17.8. The molecule has 0 saturated carbocycles. The maximum atomic E-state index is 11.5. The summed E-state index contributed by atoms with van der Waals surface area (Å²) in [5.41, 5.74) is 1.03. The van der Waals surface area contributed by atoms with E-state index in [4.69, 9.17) is 9.73 Å². The van der Waals surface area contributed by atoms with E-state index in [-0.39, 0.29) is 29.9 Å². The number of para-hydroxylation sites is 2. The van der Waals surface area contributed by atoms with Crippen LogP contribution in [0.4, 0.5) is 0 Å². The van der Waals surface area contributed by atoms with Crippen LogP contribution in [0.15, 0.2) is 59.6 Å². The molecule has 1 aliphatic rings. The lowest BCUT2D eigenvalue weighted by Gasteiger charge is -2.36. The molecule has 1 N–H and O–H groups in total. The van der Waals surface area contributed by atoms with Gasteiger partial charge in [-0.3, -0.25) is 4.79 Å². The lowest BCUT2D eigenvalue weighted by Crippen LogP contribution is -2.53. The fourth-order valence-corrected chi connectivity index (χ4v) is 3.17. The van der Waals surface area contributed by atoms with Crippen LogP contribution in [0.25, 0.3) is 0 Å². The predicted molar refractivity (Wildman–Crippen MR) is 127 cm³/mol. The van der Waals surface area contributed by atoms with Crippen LogP contribution in [0.3, 0.4) is 0 Å². The molecule has 0 spiro atoms. The fraction of sp³-hybridized carbons (Fsp3) is 0.364. The van der Waals surface area contributed by atoms with Gasteiger partial charge in [-0.05, 0) is 25.1 Å². The number of rotatable bonds is 5. The quantitative estimate of drug-likeness (QED) is 0.380. The molecule has 3 rings (SSSR count). The first-order valence-electron chi connectivity index (χ1n) is 9.77. The first-order valence-corrected chi connectivity index (χ1v) is 9.77. The van der Waals surface area contributed by atoms with Crippen molar-refractivity contribution in [3.63, 3.8) is 0 Å². The van der Waals surface area contributed by atoms with Crippen molar-refractivity contribution in [2.75, 3.05) is 32.7 Å². The van der Waals surface area contributed by atoms with Crippen molar-refractivity contribution >= 4 is 35.8 Å². The summed E-state index contributed by atoms with van der Waals surface area (Å²) < 4.78 is 6.04. The molecule has 1 aliphatic heterocycles. The molecule has 29 heavy (non-hydrogen) atoms. The summed E-state index contributed by atoms with van der Waals surface area (Å²) in [5.74, 6) is 2.63. The van der Waals surface area contributed by atoms with Crippen molar-refractivity contribution in [3.8, 4) is 11.5 Å². The van der Waals surface area contributed by atoms with Gasteiger partial charge in [0.15, 0.2) is 5.96 Å². The van der Waals surface area contributed by atoms with E-state index in [2.05, 4.69) is 17.1 Å². The van der Waals surface area contributed by atoms with E-state index in [1.165, 1.54) is 0 Å². The lowest BCUT2D eigenvalue weighted by molar-refractivity contribution is -0.130. The number of carbonyl (C=O) groups excluding carboxylic acids is 1. The number of guanidine groups is 1. The van der Waals surface area contributed by atoms with E-state index >= 15 is 0 Å². The third-order valence-electron chi connectivity index (χ3n) is 4.70. The van der Waals surface area contributed by atoms with E-state index in [1.54, 1.807) is 6.92 Å². The minimum atomic E-state index is 0. The number of piperazine rings is 1. The van der Waals surface area contributed by atoms with Gasteiger partial charge >= 0.3 is 0 Å². The van der Waals surface area contributed by atoms with Gasteiger partial charge in [-0.1, -0.05) is 36.4 Å². The summed E-state index contributed by atoms with van der Waals surface area (Å²) in [6.45, 7) is 8.04. The molecule has 6 nitrogen and oxygen atoms in total. The molecule has 0 bridgehead atoms. The number of aliphatic imine (C=N–C) groups is 1. The molecule has 1 fully saturated rings. The second-order valence-corrected chi connectivity index (χ2v) is 6.69. The lowest BCUT2D eigenvalue weighted by atomic mass is 10.2. The smallest absolute Gasteiger partial charge is 0.219 e. The number of hydrogen-bond acceptors (Lipinski definition) is 3.